The summed E-state index contributed by atoms with van der Waals surface area (Å²) in [6.07, 6.45) is 1.47. The molecular formula is C36H26F3N5O4. The lowest BCUT2D eigenvalue weighted by Gasteiger charge is -2.12. The highest BCUT2D eigenvalue weighted by Crippen LogP contribution is 2.32. The normalized spacial score (nSPS) is 11.1. The van der Waals surface area contributed by atoms with E-state index in [1.807, 2.05) is 6.07 Å². The minimum atomic E-state index is -1.14. The Morgan fingerprint density at radius 1 is 0.896 bits per heavy atom. The van der Waals surface area contributed by atoms with Gasteiger partial charge in [-0.2, -0.15) is 5.26 Å². The molecule has 3 aromatic heterocycles. The molecule has 0 saturated carbocycles. The number of aromatic nitrogens is 4. The predicted molar refractivity (Wildman–Crippen MR) is 170 cm³/mol. The minimum Gasteiger partial charge on any atom is -0.478 e. The van der Waals surface area contributed by atoms with Gasteiger partial charge in [-0.25, -0.2) is 27.9 Å². The molecule has 48 heavy (non-hydrogen) atoms. The number of fused-ring (bicyclic) bond motifs is 1. The summed E-state index contributed by atoms with van der Waals surface area (Å²) >= 11 is 0. The van der Waals surface area contributed by atoms with Crippen molar-refractivity contribution in [3.63, 3.8) is 0 Å². The molecule has 0 aliphatic heterocycles. The van der Waals surface area contributed by atoms with E-state index in [1.54, 1.807) is 35.0 Å². The Morgan fingerprint density at radius 2 is 1.71 bits per heavy atom. The Hall–Kier alpha value is -6.06. The number of hydrogen-bond acceptors (Lipinski definition) is 7. The fourth-order valence-electron chi connectivity index (χ4n) is 5.30. The third-order valence-corrected chi connectivity index (χ3v) is 7.68. The van der Waals surface area contributed by atoms with Gasteiger partial charge in [-0.15, -0.1) is 0 Å². The number of aromatic carboxylic acids is 1. The van der Waals surface area contributed by atoms with Gasteiger partial charge in [-0.3, -0.25) is 4.98 Å². The van der Waals surface area contributed by atoms with Gasteiger partial charge in [0.2, 0.25) is 5.88 Å². The van der Waals surface area contributed by atoms with Gasteiger partial charge in [0.15, 0.2) is 0 Å². The Labute approximate surface area is 272 Å². The number of imidazole rings is 1. The van der Waals surface area contributed by atoms with Gasteiger partial charge >= 0.3 is 5.97 Å². The number of nitrogens with zero attached hydrogens (tertiary/aromatic N) is 5. The first-order valence-corrected chi connectivity index (χ1v) is 14.7. The molecule has 3 heterocycles. The summed E-state index contributed by atoms with van der Waals surface area (Å²) in [4.78, 5) is 25.5. The fourth-order valence-corrected chi connectivity index (χ4v) is 5.30. The van der Waals surface area contributed by atoms with Gasteiger partial charge in [0, 0.05) is 49.0 Å². The molecule has 9 nitrogen and oxygen atoms in total. The van der Waals surface area contributed by atoms with Crippen molar-refractivity contribution in [3.8, 4) is 34.5 Å². The summed E-state index contributed by atoms with van der Waals surface area (Å²) in [5.74, 6) is -2.76. The van der Waals surface area contributed by atoms with Crippen LogP contribution in [-0.4, -0.2) is 44.3 Å². The molecule has 1 N–H and O–H groups in total. The van der Waals surface area contributed by atoms with E-state index >= 15 is 8.78 Å². The number of nitriles is 1. The molecule has 6 rings (SSSR count). The van der Waals surface area contributed by atoms with Crippen LogP contribution in [0.15, 0.2) is 85.1 Å². The van der Waals surface area contributed by atoms with Crippen LogP contribution in [0.3, 0.4) is 0 Å². The van der Waals surface area contributed by atoms with Crippen LogP contribution in [0.4, 0.5) is 13.2 Å². The predicted octanol–water partition coefficient (Wildman–Crippen LogP) is 6.96. The first-order valence-electron chi connectivity index (χ1n) is 14.7. The first-order chi connectivity index (χ1) is 23.2. The van der Waals surface area contributed by atoms with E-state index in [4.69, 9.17) is 19.7 Å². The maximum absolute atomic E-state index is 15.7. The quantitative estimate of drug-likeness (QED) is 0.160. The van der Waals surface area contributed by atoms with Gasteiger partial charge in [-0.05, 0) is 60.2 Å². The number of carbonyl (C=O) groups is 1. The smallest absolute Gasteiger partial charge is 0.335 e. The van der Waals surface area contributed by atoms with Crippen LogP contribution < -0.4 is 4.74 Å². The molecule has 0 amide bonds. The van der Waals surface area contributed by atoms with Crippen LogP contribution in [-0.2, 0) is 24.3 Å². The molecule has 240 valence electrons. The molecule has 0 saturated heterocycles. The monoisotopic (exact) mass is 649 g/mol. The molecule has 3 aromatic carbocycles. The summed E-state index contributed by atoms with van der Waals surface area (Å²) in [5, 5.41) is 18.8. The lowest BCUT2D eigenvalue weighted by molar-refractivity contribution is 0.0697. The summed E-state index contributed by atoms with van der Waals surface area (Å²) < 4.78 is 58.2. The molecule has 0 aliphatic rings. The zero-order valence-corrected chi connectivity index (χ0v) is 25.5. The summed E-state index contributed by atoms with van der Waals surface area (Å²) in [5.41, 5.74) is 2.35. The van der Waals surface area contributed by atoms with Crippen LogP contribution in [0.5, 0.6) is 5.88 Å². The van der Waals surface area contributed by atoms with Crippen molar-refractivity contribution in [2.24, 2.45) is 0 Å². The molecule has 0 atom stereocenters. The average Bonchev–Trinajstić information content (AvgIpc) is 3.44. The van der Waals surface area contributed by atoms with Crippen LogP contribution in [0.2, 0.25) is 0 Å². The number of carboxylic acids is 1. The van der Waals surface area contributed by atoms with E-state index in [-0.39, 0.29) is 65.6 Å². The Morgan fingerprint density at radius 3 is 2.44 bits per heavy atom. The standard InChI is InChI=1S/C36H26F3N5O4/c1-47-12-11-44-32-16-24(36(45)46)14-26(30-5-2-3-10-41-30)35(32)43-33(44)17-23-15-29(39)25(18-28(23)38)31-6-4-7-34(42-31)48-20-22-9-8-21(19-40)13-27(22)37/h2-10,13-16,18H,11-12,17,20H2,1H3,(H,45,46). The molecular weight excluding hydrogens is 623 g/mol. The van der Waals surface area contributed by atoms with Crippen LogP contribution in [0.25, 0.3) is 33.5 Å². The van der Waals surface area contributed by atoms with E-state index < -0.39 is 23.4 Å². The molecule has 0 spiro atoms. The lowest BCUT2D eigenvalue weighted by atomic mass is 10.0. The highest BCUT2D eigenvalue weighted by Gasteiger charge is 2.21. The van der Waals surface area contributed by atoms with Crippen molar-refractivity contribution in [2.75, 3.05) is 13.7 Å². The molecule has 0 unspecified atom stereocenters. The van der Waals surface area contributed by atoms with Crippen LogP contribution in [0, 0.1) is 28.8 Å². The minimum absolute atomic E-state index is 0.0202. The summed E-state index contributed by atoms with van der Waals surface area (Å²) in [6, 6.07) is 20.8. The lowest BCUT2D eigenvalue weighted by Crippen LogP contribution is -2.10. The Balaban J connectivity index is 1.33. The van der Waals surface area contributed by atoms with Crippen molar-refractivity contribution < 1.29 is 32.5 Å². The second kappa shape index (κ2) is 13.7. The van der Waals surface area contributed by atoms with E-state index in [0.29, 0.717) is 28.1 Å². The maximum atomic E-state index is 15.7. The zero-order valence-electron chi connectivity index (χ0n) is 25.5. The molecule has 12 heteroatoms. The number of benzene rings is 3. The highest BCUT2D eigenvalue weighted by atomic mass is 19.1. The Bertz CT molecular complexity index is 2200. The second-order valence-electron chi connectivity index (χ2n) is 10.8. The zero-order chi connectivity index (χ0) is 33.8. The topological polar surface area (TPSA) is 123 Å². The number of methoxy groups -OCH3 is 1. The summed E-state index contributed by atoms with van der Waals surface area (Å²) in [7, 11) is 1.52. The van der Waals surface area contributed by atoms with E-state index in [0.717, 1.165) is 18.2 Å². The fraction of sp³-hybridized carbons (Fsp3) is 0.139. The van der Waals surface area contributed by atoms with Gasteiger partial charge in [0.05, 0.1) is 46.2 Å². The highest BCUT2D eigenvalue weighted by molar-refractivity contribution is 5.99. The number of hydrogen-bond donors (Lipinski definition) is 1. The second-order valence-corrected chi connectivity index (χ2v) is 10.8. The third kappa shape index (κ3) is 6.58. The van der Waals surface area contributed by atoms with Gasteiger partial charge in [0.1, 0.15) is 29.9 Å². The van der Waals surface area contributed by atoms with Crippen LogP contribution >= 0.6 is 0 Å². The molecule has 0 radical (unpaired) electrons. The molecule has 0 bridgehead atoms. The molecule has 6 aromatic rings. The van der Waals surface area contributed by atoms with Gasteiger partial charge < -0.3 is 19.1 Å². The van der Waals surface area contributed by atoms with Crippen molar-refractivity contribution in [2.45, 2.75) is 19.6 Å². The number of rotatable bonds is 11. The SMILES string of the molecule is COCCn1c(Cc2cc(F)c(-c3cccc(OCc4ccc(C#N)cc4F)n3)cc2F)nc2c(-c3ccccn3)cc(C(=O)O)cc21. The molecule has 0 aliphatic carbocycles. The van der Waals surface area contributed by atoms with Crippen LogP contribution in [0.1, 0.15) is 32.9 Å². The molecule has 0 fully saturated rings. The van der Waals surface area contributed by atoms with Crippen molar-refractivity contribution in [3.05, 3.63) is 131 Å². The van der Waals surface area contributed by atoms with E-state index in [1.165, 1.54) is 43.5 Å². The number of carboxylic acid groups (broad SMARTS) is 1. The number of halogens is 3. The average molecular weight is 650 g/mol. The number of ether oxygens (including phenoxy) is 2. The van der Waals surface area contributed by atoms with Crippen molar-refractivity contribution in [1.29, 1.82) is 5.26 Å². The largest absolute Gasteiger partial charge is 0.478 e. The van der Waals surface area contributed by atoms with E-state index in [2.05, 4.69) is 9.97 Å². The van der Waals surface area contributed by atoms with Crippen molar-refractivity contribution in [1.82, 2.24) is 19.5 Å². The van der Waals surface area contributed by atoms with Gasteiger partial charge in [0.25, 0.3) is 0 Å². The number of pyridine rings is 2. The maximum Gasteiger partial charge on any atom is 0.335 e. The Kier molecular flexibility index (Phi) is 9.13. The van der Waals surface area contributed by atoms with E-state index in [9.17, 15) is 14.3 Å². The first kappa shape index (κ1) is 31.9. The summed E-state index contributed by atoms with van der Waals surface area (Å²) in [6.45, 7) is 0.342. The van der Waals surface area contributed by atoms with Crippen molar-refractivity contribution >= 4 is 17.0 Å². The van der Waals surface area contributed by atoms with Gasteiger partial charge in [-0.1, -0.05) is 18.2 Å². The third-order valence-electron chi connectivity index (χ3n) is 7.68.